The van der Waals surface area contributed by atoms with E-state index in [1.165, 1.54) is 5.56 Å². The molecule has 0 aliphatic rings. The molecular formula is C10H8N4. The number of benzene rings is 1. The van der Waals surface area contributed by atoms with Crippen molar-refractivity contribution in [2.24, 2.45) is 0 Å². The molecule has 4 nitrogen and oxygen atoms in total. The Morgan fingerprint density at radius 2 is 1.93 bits per heavy atom. The van der Waals surface area contributed by atoms with Crippen molar-refractivity contribution in [2.75, 3.05) is 0 Å². The molecule has 0 saturated carbocycles. The Morgan fingerprint density at radius 1 is 1.07 bits per heavy atom. The van der Waals surface area contributed by atoms with E-state index in [4.69, 9.17) is 0 Å². The summed E-state index contributed by atoms with van der Waals surface area (Å²) in [6.07, 6.45) is 1.98. The van der Waals surface area contributed by atoms with Gasteiger partial charge in [0.05, 0.1) is 0 Å². The van der Waals surface area contributed by atoms with Crippen LogP contribution >= 0.6 is 0 Å². The molecule has 0 atom stereocenters. The van der Waals surface area contributed by atoms with Gasteiger partial charge >= 0.3 is 0 Å². The third kappa shape index (κ3) is 1.01. The van der Waals surface area contributed by atoms with Crippen LogP contribution in [0.3, 0.4) is 0 Å². The van der Waals surface area contributed by atoms with Crippen LogP contribution in [0.15, 0.2) is 42.6 Å². The van der Waals surface area contributed by atoms with Crippen LogP contribution in [0, 0.1) is 0 Å². The lowest BCUT2D eigenvalue weighted by atomic mass is 10.1. The van der Waals surface area contributed by atoms with Gasteiger partial charge < -0.3 is 0 Å². The van der Waals surface area contributed by atoms with E-state index in [-0.39, 0.29) is 0 Å². The lowest BCUT2D eigenvalue weighted by Crippen LogP contribution is -1.79. The Hall–Kier alpha value is -2.10. The molecule has 0 saturated heterocycles. The molecule has 68 valence electrons. The van der Waals surface area contributed by atoms with Crippen molar-refractivity contribution in [3.05, 3.63) is 42.6 Å². The van der Waals surface area contributed by atoms with Gasteiger partial charge in [-0.1, -0.05) is 35.5 Å². The molecule has 0 aliphatic heterocycles. The van der Waals surface area contributed by atoms with Crippen LogP contribution < -0.4 is 0 Å². The minimum atomic E-state index is 0.837. The fourth-order valence-corrected chi connectivity index (χ4v) is 1.52. The quantitative estimate of drug-likeness (QED) is 0.626. The summed E-state index contributed by atoms with van der Waals surface area (Å²) in [4.78, 5) is 0. The third-order valence-electron chi connectivity index (χ3n) is 2.21. The van der Waals surface area contributed by atoms with Gasteiger partial charge in [-0.3, -0.25) is 0 Å². The molecule has 0 unspecified atom stereocenters. The number of nitrogens with one attached hydrogen (secondary N) is 1. The second-order valence-corrected chi connectivity index (χ2v) is 3.12. The molecule has 0 amide bonds. The summed E-state index contributed by atoms with van der Waals surface area (Å²) >= 11 is 0. The summed E-state index contributed by atoms with van der Waals surface area (Å²) in [6, 6.07) is 12.2. The molecule has 0 radical (unpaired) electrons. The smallest absolute Gasteiger partial charge is 0.177 e. The second kappa shape index (κ2) is 2.70. The first-order valence-corrected chi connectivity index (χ1v) is 4.38. The van der Waals surface area contributed by atoms with Crippen LogP contribution in [0.2, 0.25) is 0 Å². The largest absolute Gasteiger partial charge is 0.226 e. The highest BCUT2D eigenvalue weighted by atomic mass is 15.5. The number of aromatic nitrogens is 4. The van der Waals surface area contributed by atoms with Crippen molar-refractivity contribution in [1.29, 1.82) is 0 Å². The first-order valence-electron chi connectivity index (χ1n) is 4.38. The SMILES string of the molecule is c1ccc(-c2cc3nn[nH]n3c2)cc1. The van der Waals surface area contributed by atoms with Gasteiger partial charge in [-0.2, -0.15) is 5.21 Å². The predicted octanol–water partition coefficient (Wildman–Crippen LogP) is 1.72. The Bertz CT molecular complexity index is 521. The topological polar surface area (TPSA) is 46.0 Å². The fourth-order valence-electron chi connectivity index (χ4n) is 1.52. The molecule has 4 heteroatoms. The van der Waals surface area contributed by atoms with Gasteiger partial charge in [-0.15, -0.1) is 5.10 Å². The van der Waals surface area contributed by atoms with Crippen LogP contribution in [0.4, 0.5) is 0 Å². The summed E-state index contributed by atoms with van der Waals surface area (Å²) in [5.41, 5.74) is 3.17. The second-order valence-electron chi connectivity index (χ2n) is 3.12. The first-order chi connectivity index (χ1) is 6.93. The summed E-state index contributed by atoms with van der Waals surface area (Å²) in [7, 11) is 0. The molecule has 0 fully saturated rings. The normalized spacial score (nSPS) is 10.9. The van der Waals surface area contributed by atoms with Gasteiger partial charge in [0, 0.05) is 11.8 Å². The lowest BCUT2D eigenvalue weighted by molar-refractivity contribution is 0.826. The van der Waals surface area contributed by atoms with E-state index in [0.717, 1.165) is 11.2 Å². The molecule has 14 heavy (non-hydrogen) atoms. The van der Waals surface area contributed by atoms with E-state index in [0.29, 0.717) is 0 Å². The molecule has 1 aromatic carbocycles. The van der Waals surface area contributed by atoms with E-state index >= 15 is 0 Å². The van der Waals surface area contributed by atoms with Crippen molar-refractivity contribution >= 4 is 5.65 Å². The minimum absolute atomic E-state index is 0.837. The molecule has 3 aromatic rings. The lowest BCUT2D eigenvalue weighted by Gasteiger charge is -1.93. The fraction of sp³-hybridized carbons (Fsp3) is 0. The van der Waals surface area contributed by atoms with Crippen molar-refractivity contribution in [2.45, 2.75) is 0 Å². The highest BCUT2D eigenvalue weighted by Gasteiger charge is 2.02. The molecule has 2 heterocycles. The molecule has 0 bridgehead atoms. The summed E-state index contributed by atoms with van der Waals surface area (Å²) in [5, 5.41) is 10.4. The number of nitrogens with zero attached hydrogens (tertiary/aromatic N) is 3. The van der Waals surface area contributed by atoms with Crippen LogP contribution in [0.5, 0.6) is 0 Å². The zero-order valence-electron chi connectivity index (χ0n) is 7.38. The average Bonchev–Trinajstić information content (AvgIpc) is 2.78. The number of hydrogen-bond acceptors (Lipinski definition) is 2. The Kier molecular flexibility index (Phi) is 1.41. The number of tetrazole rings is 1. The molecule has 2 aromatic heterocycles. The number of aromatic amines is 1. The van der Waals surface area contributed by atoms with E-state index < -0.39 is 0 Å². The summed E-state index contributed by atoms with van der Waals surface area (Å²) in [6.45, 7) is 0. The van der Waals surface area contributed by atoms with Gasteiger partial charge in [0.25, 0.3) is 0 Å². The third-order valence-corrected chi connectivity index (χ3v) is 2.21. The van der Waals surface area contributed by atoms with Crippen LogP contribution in [-0.4, -0.2) is 20.0 Å². The van der Waals surface area contributed by atoms with Crippen LogP contribution in [-0.2, 0) is 0 Å². The number of rotatable bonds is 1. The predicted molar refractivity (Wildman–Crippen MR) is 52.8 cm³/mol. The standard InChI is InChI=1S/C10H8N4/c1-2-4-8(5-3-1)9-6-10-11-12-13-14(10)7-9/h1-7H,(H,11,13). The van der Waals surface area contributed by atoms with Gasteiger partial charge in [-0.05, 0) is 11.6 Å². The molecule has 3 rings (SSSR count). The Labute approximate surface area is 80.2 Å². The number of H-pyrrole nitrogens is 1. The minimum Gasteiger partial charge on any atom is -0.226 e. The van der Waals surface area contributed by atoms with E-state index in [1.807, 2.05) is 30.5 Å². The monoisotopic (exact) mass is 184 g/mol. The van der Waals surface area contributed by atoms with Gasteiger partial charge in [0.1, 0.15) is 0 Å². The Balaban J connectivity index is 2.19. The first kappa shape index (κ1) is 7.32. The number of hydrogen-bond donors (Lipinski definition) is 1. The highest BCUT2D eigenvalue weighted by molar-refractivity contribution is 5.67. The number of fused-ring (bicyclic) bond motifs is 1. The maximum Gasteiger partial charge on any atom is 0.177 e. The maximum absolute atomic E-state index is 3.92. The molecule has 0 spiro atoms. The van der Waals surface area contributed by atoms with Crippen LogP contribution in [0.25, 0.3) is 16.8 Å². The van der Waals surface area contributed by atoms with E-state index in [9.17, 15) is 0 Å². The van der Waals surface area contributed by atoms with E-state index in [1.54, 1.807) is 4.52 Å². The van der Waals surface area contributed by atoms with Gasteiger partial charge in [-0.25, -0.2) is 4.52 Å². The van der Waals surface area contributed by atoms with Gasteiger partial charge in [0.15, 0.2) is 5.65 Å². The van der Waals surface area contributed by atoms with E-state index in [2.05, 4.69) is 27.7 Å². The molecule has 0 aliphatic carbocycles. The highest BCUT2D eigenvalue weighted by Crippen LogP contribution is 2.20. The van der Waals surface area contributed by atoms with Crippen molar-refractivity contribution < 1.29 is 0 Å². The average molecular weight is 184 g/mol. The summed E-state index contributed by atoms with van der Waals surface area (Å²) < 4.78 is 1.79. The molecule has 1 N–H and O–H groups in total. The van der Waals surface area contributed by atoms with Crippen LogP contribution in [0.1, 0.15) is 0 Å². The van der Waals surface area contributed by atoms with Crippen molar-refractivity contribution in [1.82, 2.24) is 20.0 Å². The van der Waals surface area contributed by atoms with Crippen molar-refractivity contribution in [3.63, 3.8) is 0 Å². The van der Waals surface area contributed by atoms with Gasteiger partial charge in [0.2, 0.25) is 0 Å². The maximum atomic E-state index is 3.92. The zero-order chi connectivity index (χ0) is 9.38. The Morgan fingerprint density at radius 3 is 2.71 bits per heavy atom. The summed E-state index contributed by atoms with van der Waals surface area (Å²) in [5.74, 6) is 0. The molecular weight excluding hydrogens is 176 g/mol. The zero-order valence-corrected chi connectivity index (χ0v) is 7.38. The van der Waals surface area contributed by atoms with Crippen molar-refractivity contribution in [3.8, 4) is 11.1 Å².